The maximum atomic E-state index is 13.3. The van der Waals surface area contributed by atoms with Crippen LogP contribution >= 0.6 is 23.2 Å². The Morgan fingerprint density at radius 2 is 1.53 bits per heavy atom. The Bertz CT molecular complexity index is 890. The number of amides is 2. The molecule has 4 nitrogen and oxygen atoms in total. The van der Waals surface area contributed by atoms with E-state index in [0.29, 0.717) is 46.8 Å². The summed E-state index contributed by atoms with van der Waals surface area (Å²) in [6.45, 7) is 10.9. The molecule has 0 spiro atoms. The van der Waals surface area contributed by atoms with E-state index in [9.17, 15) is 9.59 Å². The first-order valence-corrected chi connectivity index (χ1v) is 11.9. The number of hydrogen-bond donors (Lipinski definition) is 1. The highest BCUT2D eigenvalue weighted by molar-refractivity contribution is 6.36. The van der Waals surface area contributed by atoms with Gasteiger partial charge in [-0.05, 0) is 48.4 Å². The molecule has 1 atom stereocenters. The standard InChI is InChI=1S/C26H34Cl2N2O2/c1-17(2)15-29-26(32)19(5)30(16-22-23(27)7-6-8-24(22)28)25(31)14-11-20-9-12-21(13-10-20)18(3)4/h6-10,12-13,17-19H,11,14-16H2,1-5H3,(H,29,32). The van der Waals surface area contributed by atoms with Crippen LogP contribution in [-0.4, -0.2) is 29.3 Å². The number of rotatable bonds is 10. The van der Waals surface area contributed by atoms with Gasteiger partial charge in [0.15, 0.2) is 0 Å². The number of carbonyl (C=O) groups excluding carboxylic acids is 2. The molecule has 0 radical (unpaired) electrons. The largest absolute Gasteiger partial charge is 0.354 e. The van der Waals surface area contributed by atoms with Crippen molar-refractivity contribution >= 4 is 35.0 Å². The summed E-state index contributed by atoms with van der Waals surface area (Å²) in [5.41, 5.74) is 3.01. The van der Waals surface area contributed by atoms with E-state index >= 15 is 0 Å². The van der Waals surface area contributed by atoms with Crippen LogP contribution in [0.1, 0.15) is 63.6 Å². The van der Waals surface area contributed by atoms with Gasteiger partial charge in [0.1, 0.15) is 6.04 Å². The monoisotopic (exact) mass is 476 g/mol. The van der Waals surface area contributed by atoms with Gasteiger partial charge in [0.2, 0.25) is 11.8 Å². The summed E-state index contributed by atoms with van der Waals surface area (Å²) in [5.74, 6) is 0.492. The van der Waals surface area contributed by atoms with Gasteiger partial charge in [-0.25, -0.2) is 0 Å². The summed E-state index contributed by atoms with van der Waals surface area (Å²) < 4.78 is 0. The van der Waals surface area contributed by atoms with E-state index < -0.39 is 6.04 Å². The van der Waals surface area contributed by atoms with Crippen molar-refractivity contribution in [3.63, 3.8) is 0 Å². The Balaban J connectivity index is 2.18. The van der Waals surface area contributed by atoms with Crippen LogP contribution in [0.2, 0.25) is 10.0 Å². The van der Waals surface area contributed by atoms with E-state index in [-0.39, 0.29) is 18.4 Å². The number of hydrogen-bond acceptors (Lipinski definition) is 2. The summed E-state index contributed by atoms with van der Waals surface area (Å²) in [7, 11) is 0. The molecule has 174 valence electrons. The van der Waals surface area contributed by atoms with Gasteiger partial charge in [0.05, 0.1) is 0 Å². The molecule has 0 aliphatic carbocycles. The van der Waals surface area contributed by atoms with Gasteiger partial charge in [-0.1, -0.05) is 81.2 Å². The predicted octanol–water partition coefficient (Wildman–Crippen LogP) is 6.24. The van der Waals surface area contributed by atoms with Gasteiger partial charge < -0.3 is 10.2 Å². The highest BCUT2D eigenvalue weighted by Gasteiger charge is 2.27. The van der Waals surface area contributed by atoms with Gasteiger partial charge in [-0.15, -0.1) is 0 Å². The van der Waals surface area contributed by atoms with Crippen molar-refractivity contribution in [1.82, 2.24) is 10.2 Å². The SMILES string of the molecule is CC(C)CNC(=O)C(C)N(Cc1c(Cl)cccc1Cl)C(=O)CCc1ccc(C(C)C)cc1. The normalized spacial score (nSPS) is 12.2. The molecule has 0 aromatic heterocycles. The molecule has 0 heterocycles. The summed E-state index contributed by atoms with van der Waals surface area (Å²) in [6, 6.07) is 12.9. The number of nitrogens with zero attached hydrogens (tertiary/aromatic N) is 1. The Hall–Kier alpha value is -2.04. The lowest BCUT2D eigenvalue weighted by molar-refractivity contribution is -0.140. The van der Waals surface area contributed by atoms with Crippen LogP contribution in [-0.2, 0) is 22.6 Å². The first-order chi connectivity index (χ1) is 15.1. The number of carbonyl (C=O) groups is 2. The van der Waals surface area contributed by atoms with E-state index in [1.165, 1.54) is 5.56 Å². The van der Waals surface area contributed by atoms with Crippen LogP contribution in [0.25, 0.3) is 0 Å². The summed E-state index contributed by atoms with van der Waals surface area (Å²) in [6.07, 6.45) is 0.898. The lowest BCUT2D eigenvalue weighted by atomic mass is 10.00. The number of benzene rings is 2. The Morgan fingerprint density at radius 3 is 2.06 bits per heavy atom. The van der Waals surface area contributed by atoms with Crippen molar-refractivity contribution in [3.8, 4) is 0 Å². The molecule has 0 aliphatic rings. The van der Waals surface area contributed by atoms with E-state index in [1.807, 2.05) is 13.8 Å². The van der Waals surface area contributed by atoms with Gasteiger partial charge in [-0.2, -0.15) is 0 Å². The maximum Gasteiger partial charge on any atom is 0.242 e. The van der Waals surface area contributed by atoms with Crippen molar-refractivity contribution in [2.45, 2.75) is 66.0 Å². The van der Waals surface area contributed by atoms with Crippen LogP contribution in [0.4, 0.5) is 0 Å². The van der Waals surface area contributed by atoms with Crippen molar-refractivity contribution in [3.05, 3.63) is 69.2 Å². The Kier molecular flexibility index (Phi) is 10.0. The van der Waals surface area contributed by atoms with Crippen molar-refractivity contribution in [2.24, 2.45) is 5.92 Å². The molecule has 1 N–H and O–H groups in total. The minimum atomic E-state index is -0.642. The molecule has 6 heteroatoms. The van der Waals surface area contributed by atoms with Crippen LogP contribution in [0.5, 0.6) is 0 Å². The van der Waals surface area contributed by atoms with Crippen molar-refractivity contribution < 1.29 is 9.59 Å². The fourth-order valence-electron chi connectivity index (χ4n) is 3.35. The molecule has 0 fully saturated rings. The quantitative estimate of drug-likeness (QED) is 0.441. The molecule has 2 aromatic rings. The molecular weight excluding hydrogens is 443 g/mol. The number of nitrogens with one attached hydrogen (secondary N) is 1. The van der Waals surface area contributed by atoms with E-state index in [2.05, 4.69) is 43.4 Å². The molecule has 2 rings (SSSR count). The molecule has 0 bridgehead atoms. The second-order valence-electron chi connectivity index (χ2n) is 8.93. The highest BCUT2D eigenvalue weighted by Crippen LogP contribution is 2.27. The molecular formula is C26H34Cl2N2O2. The second kappa shape index (κ2) is 12.3. The molecule has 2 aromatic carbocycles. The summed E-state index contributed by atoms with van der Waals surface area (Å²) in [4.78, 5) is 27.6. The minimum absolute atomic E-state index is 0.110. The highest BCUT2D eigenvalue weighted by atomic mass is 35.5. The maximum absolute atomic E-state index is 13.3. The molecule has 0 saturated heterocycles. The first kappa shape index (κ1) is 26.2. The Labute approximate surface area is 202 Å². The predicted molar refractivity (Wildman–Crippen MR) is 133 cm³/mol. The second-order valence-corrected chi connectivity index (χ2v) is 9.75. The summed E-state index contributed by atoms with van der Waals surface area (Å²) >= 11 is 12.7. The van der Waals surface area contributed by atoms with Crippen LogP contribution in [0.3, 0.4) is 0 Å². The minimum Gasteiger partial charge on any atom is -0.354 e. The lowest BCUT2D eigenvalue weighted by Crippen LogP contribution is -2.48. The smallest absolute Gasteiger partial charge is 0.242 e. The molecule has 0 aliphatic heterocycles. The van der Waals surface area contributed by atoms with E-state index in [0.717, 1.165) is 5.56 Å². The van der Waals surface area contributed by atoms with Crippen LogP contribution in [0, 0.1) is 5.92 Å². The zero-order valence-corrected chi connectivity index (χ0v) is 21.1. The topological polar surface area (TPSA) is 49.4 Å². The van der Waals surface area contributed by atoms with Gasteiger partial charge in [-0.3, -0.25) is 9.59 Å². The first-order valence-electron chi connectivity index (χ1n) is 11.2. The van der Waals surface area contributed by atoms with E-state index in [1.54, 1.807) is 30.0 Å². The zero-order chi connectivity index (χ0) is 23.8. The molecule has 32 heavy (non-hydrogen) atoms. The average Bonchev–Trinajstić information content (AvgIpc) is 2.75. The zero-order valence-electron chi connectivity index (χ0n) is 19.6. The van der Waals surface area contributed by atoms with Crippen molar-refractivity contribution in [1.29, 1.82) is 0 Å². The fourth-order valence-corrected chi connectivity index (χ4v) is 3.87. The van der Waals surface area contributed by atoms with E-state index in [4.69, 9.17) is 23.2 Å². The third kappa shape index (κ3) is 7.53. The number of aryl methyl sites for hydroxylation is 1. The number of halogens is 2. The van der Waals surface area contributed by atoms with Crippen molar-refractivity contribution in [2.75, 3.05) is 6.54 Å². The van der Waals surface area contributed by atoms with Gasteiger partial charge in [0, 0.05) is 35.1 Å². The van der Waals surface area contributed by atoms with Crippen LogP contribution < -0.4 is 5.32 Å². The third-order valence-corrected chi connectivity index (χ3v) is 6.22. The molecule has 0 saturated carbocycles. The fraction of sp³-hybridized carbons (Fsp3) is 0.462. The van der Waals surface area contributed by atoms with Crippen LogP contribution in [0.15, 0.2) is 42.5 Å². The Morgan fingerprint density at radius 1 is 0.938 bits per heavy atom. The molecule has 1 unspecified atom stereocenters. The third-order valence-electron chi connectivity index (χ3n) is 5.52. The lowest BCUT2D eigenvalue weighted by Gasteiger charge is -2.29. The molecule has 2 amide bonds. The van der Waals surface area contributed by atoms with Gasteiger partial charge >= 0.3 is 0 Å². The average molecular weight is 477 g/mol. The summed E-state index contributed by atoms with van der Waals surface area (Å²) in [5, 5.41) is 3.89. The van der Waals surface area contributed by atoms with Gasteiger partial charge in [0.25, 0.3) is 0 Å².